The van der Waals surface area contributed by atoms with Crippen LogP contribution in [0.15, 0.2) is 259 Å². The molecule has 0 radical (unpaired) electrons. The van der Waals surface area contributed by atoms with Crippen LogP contribution in [0.4, 0.5) is 0 Å². The van der Waals surface area contributed by atoms with Gasteiger partial charge in [0.25, 0.3) is 6.33 Å². The van der Waals surface area contributed by atoms with Crippen molar-refractivity contribution in [3.8, 4) is 95.5 Å². The van der Waals surface area contributed by atoms with E-state index >= 15 is 0 Å². The molecule has 0 saturated carbocycles. The highest BCUT2D eigenvalue weighted by Gasteiger charge is 2.29. The van der Waals surface area contributed by atoms with Gasteiger partial charge in [0.05, 0.1) is 40.3 Å². The van der Waals surface area contributed by atoms with Gasteiger partial charge in [0.1, 0.15) is 28.5 Å². The van der Waals surface area contributed by atoms with E-state index in [-0.39, 0.29) is 28.5 Å². The van der Waals surface area contributed by atoms with Crippen molar-refractivity contribution in [2.75, 3.05) is 0 Å². The Morgan fingerprint density at radius 3 is 1.95 bits per heavy atom. The molecule has 0 saturated heterocycles. The zero-order chi connectivity index (χ0) is 62.4. The Morgan fingerprint density at radius 1 is 0.453 bits per heavy atom. The molecule has 0 fully saturated rings. The summed E-state index contributed by atoms with van der Waals surface area (Å²) in [6.07, 6.45) is 5.91. The lowest BCUT2D eigenvalue weighted by atomic mass is 9.83. The summed E-state index contributed by atoms with van der Waals surface area (Å²) in [7, 11) is 0. The van der Waals surface area contributed by atoms with Crippen molar-refractivity contribution in [2.45, 2.75) is 52.4 Å². The summed E-state index contributed by atoms with van der Waals surface area (Å²) in [6.45, 7) is 13.3. The van der Waals surface area contributed by atoms with Gasteiger partial charge in [-0.3, -0.25) is 13.7 Å². The lowest BCUT2D eigenvalue weighted by Gasteiger charge is -2.22. The highest BCUT2D eigenvalue weighted by atomic mass is 16.5. The van der Waals surface area contributed by atoms with E-state index in [1.165, 1.54) is 11.1 Å². The standard InChI is InChI=1S/C80H60N4O2/c1-79(2,3)54-36-33-51(34-37-54)60-28-18-30-67-66-29-17-27-59(50-19-8-7-9-20-50)76(66)65-26-11-10-23-61(65)69-44-53(52-35-40-74-68(43-52)64-25-13-15-32-73(64)86-74)45-72-78(69)83(77(60)67)49-82(72)56-21-16-22-57(47-56)85-58-38-39-63-62-24-12-14-31-70(62)84(71(63)48-58)75-46-55(41-42-81-75)80(4,5)6/h7-48H,1-6H3/i7D,8D,9D,19D,20D. The number of fused-ring (bicyclic) bond motifs is 13. The van der Waals surface area contributed by atoms with E-state index in [2.05, 4.69) is 219 Å². The molecule has 15 aromatic rings. The van der Waals surface area contributed by atoms with Gasteiger partial charge < -0.3 is 9.15 Å². The molecular weight excluding hydrogens is 1050 g/mol. The van der Waals surface area contributed by atoms with E-state index in [4.69, 9.17) is 18.3 Å². The molecule has 86 heavy (non-hydrogen) atoms. The second-order valence-electron chi connectivity index (χ2n) is 24.6. The third-order valence-corrected chi connectivity index (χ3v) is 17.2. The van der Waals surface area contributed by atoms with E-state index in [1.807, 2.05) is 66.9 Å². The quantitative estimate of drug-likeness (QED) is 0.118. The predicted octanol–water partition coefficient (Wildman–Crippen LogP) is 20.8. The molecule has 0 bridgehead atoms. The summed E-state index contributed by atoms with van der Waals surface area (Å²) in [6, 6.07) is 73.9. The average molecular weight is 1110 g/mol. The van der Waals surface area contributed by atoms with Gasteiger partial charge in [0, 0.05) is 33.8 Å². The fourth-order valence-corrected chi connectivity index (χ4v) is 12.9. The van der Waals surface area contributed by atoms with Crippen molar-refractivity contribution < 1.29 is 20.6 Å². The first kappa shape index (κ1) is 45.9. The predicted molar refractivity (Wildman–Crippen MR) is 353 cm³/mol. The Balaban J connectivity index is 0.969. The fourth-order valence-electron chi connectivity index (χ4n) is 12.9. The maximum Gasteiger partial charge on any atom is 0.269 e. The highest BCUT2D eigenvalue weighted by molar-refractivity contribution is 6.11. The summed E-state index contributed by atoms with van der Waals surface area (Å²) in [5, 5.41) is 4.24. The first-order valence-electron chi connectivity index (χ1n) is 31.8. The molecule has 6 nitrogen and oxygen atoms in total. The van der Waals surface area contributed by atoms with Crippen molar-refractivity contribution in [1.29, 1.82) is 0 Å². The van der Waals surface area contributed by atoms with Crippen LogP contribution in [0, 0.1) is 6.33 Å². The minimum absolute atomic E-state index is 0.0790. The van der Waals surface area contributed by atoms with Gasteiger partial charge in [-0.1, -0.05) is 211 Å². The SMILES string of the molecule is [2H]c1c([2H])c([2H])c(-c2cccc3c2-c2ccccc2-c2cc(-c4ccc5oc6ccccc6c5c4)cc4c2[n+]([c-]n4-c2cccc(Oc4ccc5c6ccccc6n(-c6cc(C(C)(C)C)ccn6)c5c4)c2)-c2c(-c4ccc(C(C)(C)C)cc4)cccc2-3)c([2H])c1[2H]. The number of hydrogen-bond acceptors (Lipinski definition) is 3. The molecule has 0 amide bonds. The zero-order valence-electron chi connectivity index (χ0n) is 53.5. The van der Waals surface area contributed by atoms with Crippen LogP contribution in [0.5, 0.6) is 11.5 Å². The van der Waals surface area contributed by atoms with Crippen LogP contribution in [-0.2, 0) is 10.8 Å². The molecule has 16 rings (SSSR count). The molecule has 0 atom stereocenters. The van der Waals surface area contributed by atoms with E-state index in [9.17, 15) is 2.74 Å². The van der Waals surface area contributed by atoms with Crippen LogP contribution >= 0.6 is 0 Å². The van der Waals surface area contributed by atoms with Gasteiger partial charge in [-0.25, -0.2) is 4.98 Å². The van der Waals surface area contributed by atoms with Gasteiger partial charge in [0.2, 0.25) is 0 Å². The van der Waals surface area contributed by atoms with Crippen LogP contribution in [0.2, 0.25) is 0 Å². The van der Waals surface area contributed by atoms with E-state index in [0.29, 0.717) is 17.1 Å². The van der Waals surface area contributed by atoms with Crippen molar-refractivity contribution in [3.05, 3.63) is 272 Å². The Labute approximate surface area is 507 Å². The van der Waals surface area contributed by atoms with Gasteiger partial charge in [-0.15, -0.1) is 0 Å². The molecule has 0 N–H and O–H groups in total. The minimum atomic E-state index is -0.444. The van der Waals surface area contributed by atoms with Gasteiger partial charge in [-0.05, 0) is 162 Å². The van der Waals surface area contributed by atoms with Crippen LogP contribution in [-0.4, -0.2) is 14.1 Å². The highest BCUT2D eigenvalue weighted by Crippen LogP contribution is 2.50. The van der Waals surface area contributed by atoms with Crippen LogP contribution in [0.25, 0.3) is 139 Å². The van der Waals surface area contributed by atoms with Crippen LogP contribution in [0.1, 0.15) is 59.5 Å². The van der Waals surface area contributed by atoms with Crippen molar-refractivity contribution in [1.82, 2.24) is 14.1 Å². The molecule has 4 aromatic heterocycles. The molecule has 1 aliphatic rings. The number of benzene rings is 11. The number of hydrogen-bond donors (Lipinski definition) is 0. The monoisotopic (exact) mass is 1110 g/mol. The van der Waals surface area contributed by atoms with E-state index in [1.54, 1.807) is 0 Å². The number of nitrogens with zero attached hydrogens (tertiary/aromatic N) is 4. The van der Waals surface area contributed by atoms with Gasteiger partial charge >= 0.3 is 0 Å². The number of furan rings is 1. The Kier molecular flexibility index (Phi) is 10.4. The van der Waals surface area contributed by atoms with Gasteiger partial charge in [-0.2, -0.15) is 0 Å². The molecule has 6 heteroatoms. The summed E-state index contributed by atoms with van der Waals surface area (Å²) in [5.41, 5.74) is 18.7. The molecule has 1 aliphatic heterocycles. The first-order chi connectivity index (χ1) is 44.0. The smallest absolute Gasteiger partial charge is 0.269 e. The lowest BCUT2D eigenvalue weighted by molar-refractivity contribution is -0.570. The number of imidazole rings is 1. The maximum absolute atomic E-state index is 9.46. The Morgan fingerprint density at radius 2 is 1.13 bits per heavy atom. The van der Waals surface area contributed by atoms with Crippen LogP contribution < -0.4 is 9.30 Å². The number of rotatable bonds is 7. The third kappa shape index (κ3) is 8.38. The van der Waals surface area contributed by atoms with Crippen molar-refractivity contribution >= 4 is 54.8 Å². The molecule has 5 heterocycles. The average Bonchev–Trinajstić information content (AvgIpc) is 1.71. The van der Waals surface area contributed by atoms with Crippen molar-refractivity contribution in [3.63, 3.8) is 0 Å². The van der Waals surface area contributed by atoms with Gasteiger partial charge in [0.15, 0.2) is 0 Å². The number of para-hydroxylation sites is 3. The number of pyridine rings is 1. The largest absolute Gasteiger partial charge is 0.458 e. The zero-order valence-corrected chi connectivity index (χ0v) is 48.5. The first-order valence-corrected chi connectivity index (χ1v) is 29.3. The fraction of sp³-hybridized carbons (Fsp3) is 0.100. The Hall–Kier alpha value is -10.6. The van der Waals surface area contributed by atoms with E-state index in [0.717, 1.165) is 128 Å². The number of ether oxygens (including phenoxy) is 1. The number of aromatic nitrogens is 4. The Bertz CT molecular complexity index is 5520. The molecule has 412 valence electrons. The second-order valence-corrected chi connectivity index (χ2v) is 24.6. The second kappa shape index (κ2) is 19.5. The minimum Gasteiger partial charge on any atom is -0.458 e. The maximum atomic E-state index is 9.46. The normalized spacial score (nSPS) is 13.1. The lowest BCUT2D eigenvalue weighted by Crippen LogP contribution is -2.32. The molecular formula is C80H60N4O2. The van der Waals surface area contributed by atoms with Crippen LogP contribution in [0.3, 0.4) is 0 Å². The molecule has 11 aromatic carbocycles. The molecule has 0 unspecified atom stereocenters. The van der Waals surface area contributed by atoms with E-state index < -0.39 is 18.1 Å². The van der Waals surface area contributed by atoms with Crippen molar-refractivity contribution in [2.24, 2.45) is 0 Å². The summed E-state index contributed by atoms with van der Waals surface area (Å²) in [4.78, 5) is 4.95. The summed E-state index contributed by atoms with van der Waals surface area (Å²) in [5.74, 6) is 2.13. The summed E-state index contributed by atoms with van der Waals surface area (Å²) < 4.78 is 65.5. The summed E-state index contributed by atoms with van der Waals surface area (Å²) >= 11 is 0. The third-order valence-electron chi connectivity index (χ3n) is 17.2. The topological polar surface area (TPSA) is 49.0 Å². The molecule has 0 aliphatic carbocycles. The molecule has 0 spiro atoms.